The van der Waals surface area contributed by atoms with E-state index in [4.69, 9.17) is 23.2 Å². The largest absolute Gasteiger partial charge is 0.321 e. The number of halogens is 2. The predicted octanol–water partition coefficient (Wildman–Crippen LogP) is 3.95. The van der Waals surface area contributed by atoms with Crippen LogP contribution in [0.1, 0.15) is 15.9 Å². The van der Waals surface area contributed by atoms with E-state index in [1.54, 1.807) is 36.7 Å². The fourth-order valence-corrected chi connectivity index (χ4v) is 1.96. The molecule has 1 aromatic heterocycles. The number of aryl methyl sites for hydroxylation is 1. The topological polar surface area (TPSA) is 42.0 Å². The van der Waals surface area contributed by atoms with E-state index in [-0.39, 0.29) is 5.91 Å². The lowest BCUT2D eigenvalue weighted by molar-refractivity contribution is 0.102. The molecule has 0 atom stereocenters. The van der Waals surface area contributed by atoms with Gasteiger partial charge < -0.3 is 5.32 Å². The molecule has 2 aromatic rings. The minimum absolute atomic E-state index is 0.223. The second-order valence-corrected chi connectivity index (χ2v) is 4.61. The van der Waals surface area contributed by atoms with Crippen molar-refractivity contribution >= 4 is 34.8 Å². The average molecular weight is 281 g/mol. The van der Waals surface area contributed by atoms with Crippen molar-refractivity contribution in [1.29, 1.82) is 0 Å². The Morgan fingerprint density at radius 3 is 2.72 bits per heavy atom. The van der Waals surface area contributed by atoms with Gasteiger partial charge in [0, 0.05) is 23.0 Å². The number of benzene rings is 1. The van der Waals surface area contributed by atoms with Crippen LogP contribution in [-0.4, -0.2) is 10.9 Å². The Morgan fingerprint density at radius 1 is 1.28 bits per heavy atom. The molecule has 18 heavy (non-hydrogen) atoms. The summed E-state index contributed by atoms with van der Waals surface area (Å²) in [6.07, 6.45) is 3.21. The molecule has 1 aromatic carbocycles. The zero-order chi connectivity index (χ0) is 13.1. The van der Waals surface area contributed by atoms with Crippen molar-refractivity contribution < 1.29 is 4.79 Å². The Kier molecular flexibility index (Phi) is 3.84. The van der Waals surface area contributed by atoms with Crippen LogP contribution in [0.3, 0.4) is 0 Å². The molecule has 0 bridgehead atoms. The molecule has 0 fully saturated rings. The number of nitrogens with one attached hydrogen (secondary N) is 1. The average Bonchev–Trinajstić information content (AvgIpc) is 2.33. The number of hydrogen-bond acceptors (Lipinski definition) is 2. The van der Waals surface area contributed by atoms with Gasteiger partial charge in [-0.15, -0.1) is 0 Å². The third-order valence-corrected chi connectivity index (χ3v) is 2.99. The summed E-state index contributed by atoms with van der Waals surface area (Å²) in [5, 5.41) is 3.67. The Labute approximate surface area is 115 Å². The van der Waals surface area contributed by atoms with Gasteiger partial charge in [0.25, 0.3) is 5.91 Å². The summed E-state index contributed by atoms with van der Waals surface area (Å²) >= 11 is 11.8. The molecular weight excluding hydrogens is 271 g/mol. The fourth-order valence-electron chi connectivity index (χ4n) is 1.51. The van der Waals surface area contributed by atoms with Gasteiger partial charge in [-0.1, -0.05) is 23.2 Å². The van der Waals surface area contributed by atoms with Crippen molar-refractivity contribution in [3.05, 3.63) is 57.8 Å². The maximum absolute atomic E-state index is 12.0. The highest BCUT2D eigenvalue weighted by Crippen LogP contribution is 2.25. The van der Waals surface area contributed by atoms with E-state index in [1.807, 2.05) is 6.92 Å². The first-order valence-electron chi connectivity index (χ1n) is 5.25. The number of pyridine rings is 1. The quantitative estimate of drug-likeness (QED) is 0.905. The van der Waals surface area contributed by atoms with Gasteiger partial charge in [0.05, 0.1) is 10.7 Å². The zero-order valence-corrected chi connectivity index (χ0v) is 11.1. The first-order chi connectivity index (χ1) is 8.58. The first kappa shape index (κ1) is 12.9. The smallest absolute Gasteiger partial charge is 0.256 e. The SMILES string of the molecule is Cc1cnccc1C(=O)Nc1ccc(Cl)cc1Cl. The van der Waals surface area contributed by atoms with E-state index in [2.05, 4.69) is 10.3 Å². The van der Waals surface area contributed by atoms with Gasteiger partial charge in [0.1, 0.15) is 0 Å². The van der Waals surface area contributed by atoms with Crippen molar-refractivity contribution in [3.63, 3.8) is 0 Å². The van der Waals surface area contributed by atoms with E-state index in [0.29, 0.717) is 21.3 Å². The summed E-state index contributed by atoms with van der Waals surface area (Å²) < 4.78 is 0. The van der Waals surface area contributed by atoms with Gasteiger partial charge in [-0.2, -0.15) is 0 Å². The van der Waals surface area contributed by atoms with Gasteiger partial charge in [0.2, 0.25) is 0 Å². The molecule has 0 spiro atoms. The maximum atomic E-state index is 12.0. The number of hydrogen-bond donors (Lipinski definition) is 1. The van der Waals surface area contributed by atoms with Gasteiger partial charge >= 0.3 is 0 Å². The minimum Gasteiger partial charge on any atom is -0.321 e. The maximum Gasteiger partial charge on any atom is 0.256 e. The molecular formula is C13H10Cl2N2O. The van der Waals surface area contributed by atoms with Crippen LogP contribution in [0.15, 0.2) is 36.7 Å². The van der Waals surface area contributed by atoms with Crippen molar-refractivity contribution in [2.24, 2.45) is 0 Å². The molecule has 0 radical (unpaired) electrons. The second-order valence-electron chi connectivity index (χ2n) is 3.77. The molecule has 3 nitrogen and oxygen atoms in total. The molecule has 0 saturated heterocycles. The van der Waals surface area contributed by atoms with E-state index in [0.717, 1.165) is 5.56 Å². The number of amides is 1. The molecule has 0 unspecified atom stereocenters. The molecule has 92 valence electrons. The highest BCUT2D eigenvalue weighted by Gasteiger charge is 2.10. The molecule has 1 heterocycles. The number of rotatable bonds is 2. The van der Waals surface area contributed by atoms with E-state index < -0.39 is 0 Å². The van der Waals surface area contributed by atoms with Crippen LogP contribution < -0.4 is 5.32 Å². The van der Waals surface area contributed by atoms with E-state index >= 15 is 0 Å². The molecule has 5 heteroatoms. The Hall–Kier alpha value is -1.58. The van der Waals surface area contributed by atoms with Crippen LogP contribution in [0.4, 0.5) is 5.69 Å². The summed E-state index contributed by atoms with van der Waals surface area (Å²) in [5.41, 5.74) is 1.90. The fraction of sp³-hybridized carbons (Fsp3) is 0.0769. The Balaban J connectivity index is 2.24. The predicted molar refractivity (Wildman–Crippen MR) is 73.4 cm³/mol. The summed E-state index contributed by atoms with van der Waals surface area (Å²) in [6.45, 7) is 1.82. The Morgan fingerprint density at radius 2 is 2.06 bits per heavy atom. The lowest BCUT2D eigenvalue weighted by Crippen LogP contribution is -2.13. The number of carbonyl (C=O) groups is 1. The minimum atomic E-state index is -0.223. The zero-order valence-electron chi connectivity index (χ0n) is 9.58. The summed E-state index contributed by atoms with van der Waals surface area (Å²) in [4.78, 5) is 16.0. The normalized spacial score (nSPS) is 10.2. The second kappa shape index (κ2) is 5.38. The molecule has 1 amide bonds. The first-order valence-corrected chi connectivity index (χ1v) is 6.00. The molecule has 0 aliphatic rings. The molecule has 0 aliphatic heterocycles. The van der Waals surface area contributed by atoms with Gasteiger partial charge in [-0.3, -0.25) is 9.78 Å². The monoisotopic (exact) mass is 280 g/mol. The molecule has 0 saturated carbocycles. The lowest BCUT2D eigenvalue weighted by Gasteiger charge is -2.08. The summed E-state index contributed by atoms with van der Waals surface area (Å²) in [5.74, 6) is -0.223. The Bertz CT molecular complexity index is 599. The summed E-state index contributed by atoms with van der Waals surface area (Å²) in [6, 6.07) is 6.58. The molecule has 2 rings (SSSR count). The third kappa shape index (κ3) is 2.81. The lowest BCUT2D eigenvalue weighted by atomic mass is 10.1. The highest BCUT2D eigenvalue weighted by molar-refractivity contribution is 6.36. The molecule has 1 N–H and O–H groups in total. The van der Waals surface area contributed by atoms with Gasteiger partial charge in [-0.05, 0) is 36.8 Å². The summed E-state index contributed by atoms with van der Waals surface area (Å²) in [7, 11) is 0. The van der Waals surface area contributed by atoms with Crippen molar-refractivity contribution in [2.45, 2.75) is 6.92 Å². The highest BCUT2D eigenvalue weighted by atomic mass is 35.5. The number of anilines is 1. The van der Waals surface area contributed by atoms with Gasteiger partial charge in [0.15, 0.2) is 0 Å². The number of aromatic nitrogens is 1. The van der Waals surface area contributed by atoms with Crippen LogP contribution in [0.5, 0.6) is 0 Å². The molecule has 0 aliphatic carbocycles. The number of nitrogens with zero attached hydrogens (tertiary/aromatic N) is 1. The van der Waals surface area contributed by atoms with E-state index in [1.165, 1.54) is 0 Å². The number of carbonyl (C=O) groups excluding carboxylic acids is 1. The van der Waals surface area contributed by atoms with Crippen LogP contribution in [-0.2, 0) is 0 Å². The van der Waals surface area contributed by atoms with Crippen molar-refractivity contribution in [3.8, 4) is 0 Å². The van der Waals surface area contributed by atoms with Gasteiger partial charge in [-0.25, -0.2) is 0 Å². The van der Waals surface area contributed by atoms with E-state index in [9.17, 15) is 4.79 Å². The van der Waals surface area contributed by atoms with Crippen molar-refractivity contribution in [1.82, 2.24) is 4.98 Å². The van der Waals surface area contributed by atoms with Crippen LogP contribution in [0.25, 0.3) is 0 Å². The van der Waals surface area contributed by atoms with Crippen LogP contribution in [0, 0.1) is 6.92 Å². The standard InChI is InChI=1S/C13H10Cl2N2O/c1-8-7-16-5-4-10(8)13(18)17-12-3-2-9(14)6-11(12)15/h2-7H,1H3,(H,17,18). The van der Waals surface area contributed by atoms with Crippen molar-refractivity contribution in [2.75, 3.05) is 5.32 Å². The van der Waals surface area contributed by atoms with Crippen LogP contribution in [0.2, 0.25) is 10.0 Å². The third-order valence-electron chi connectivity index (χ3n) is 2.44. The van der Waals surface area contributed by atoms with Crippen LogP contribution >= 0.6 is 23.2 Å².